The maximum atomic E-state index is 10.8. The van der Waals surface area contributed by atoms with Crippen LogP contribution >= 0.6 is 0 Å². The largest absolute Gasteiger partial charge is 0.353 e. The fraction of sp³-hybridized carbons (Fsp3) is 0.250. The van der Waals surface area contributed by atoms with Gasteiger partial charge < -0.3 is 15.1 Å². The Morgan fingerprint density at radius 1 is 1.22 bits per heavy atom. The smallest absolute Gasteiger partial charge is 0.229 e. The summed E-state index contributed by atoms with van der Waals surface area (Å²) < 4.78 is 0. The summed E-state index contributed by atoms with van der Waals surface area (Å²) in [6.07, 6.45) is 2.58. The number of nitrogens with zero attached hydrogens (tertiary/aromatic N) is 5. The normalized spacial score (nSPS) is 14.2. The first-order valence-electron chi connectivity index (χ1n) is 7.33. The number of carbonyl (C=O) groups is 1. The van der Waals surface area contributed by atoms with Gasteiger partial charge in [-0.15, -0.1) is 0 Å². The highest BCUT2D eigenvalue weighted by atomic mass is 16.1. The molecule has 0 bridgehead atoms. The van der Waals surface area contributed by atoms with Crippen molar-refractivity contribution in [1.82, 2.24) is 14.9 Å². The molecule has 7 heteroatoms. The minimum absolute atomic E-state index is 0.482. The van der Waals surface area contributed by atoms with Crippen molar-refractivity contribution in [1.29, 1.82) is 5.26 Å². The van der Waals surface area contributed by atoms with Crippen LogP contribution in [0.25, 0.3) is 0 Å². The second kappa shape index (κ2) is 6.75. The molecule has 1 saturated heterocycles. The van der Waals surface area contributed by atoms with Crippen LogP contribution in [0.5, 0.6) is 0 Å². The quantitative estimate of drug-likeness (QED) is 0.859. The van der Waals surface area contributed by atoms with Crippen molar-refractivity contribution in [3.05, 3.63) is 42.1 Å². The van der Waals surface area contributed by atoms with Crippen molar-refractivity contribution in [2.45, 2.75) is 0 Å². The van der Waals surface area contributed by atoms with Crippen LogP contribution in [0.1, 0.15) is 5.56 Å². The van der Waals surface area contributed by atoms with Gasteiger partial charge in [0, 0.05) is 38.1 Å². The zero-order valence-corrected chi connectivity index (χ0v) is 12.5. The predicted octanol–water partition coefficient (Wildman–Crippen LogP) is 1.37. The highest BCUT2D eigenvalue weighted by Crippen LogP contribution is 2.18. The fourth-order valence-electron chi connectivity index (χ4n) is 2.44. The summed E-state index contributed by atoms with van der Waals surface area (Å²) in [5, 5.41) is 12.1. The SMILES string of the molecule is N#Cc1cccc(Nc2nccc(N3CCN(C=O)CC3)n2)c1. The maximum absolute atomic E-state index is 10.8. The van der Waals surface area contributed by atoms with Gasteiger partial charge in [0.25, 0.3) is 0 Å². The van der Waals surface area contributed by atoms with Crippen molar-refractivity contribution in [3.63, 3.8) is 0 Å². The number of carbonyl (C=O) groups excluding carboxylic acids is 1. The number of amides is 1. The first-order chi connectivity index (χ1) is 11.3. The molecule has 2 aromatic rings. The number of rotatable bonds is 4. The Morgan fingerprint density at radius 3 is 2.78 bits per heavy atom. The second-order valence-corrected chi connectivity index (χ2v) is 5.18. The van der Waals surface area contributed by atoms with Crippen molar-refractivity contribution in [3.8, 4) is 6.07 Å². The van der Waals surface area contributed by atoms with Gasteiger partial charge in [0.1, 0.15) is 5.82 Å². The molecule has 3 rings (SSSR count). The van der Waals surface area contributed by atoms with Crippen LogP contribution in [0.2, 0.25) is 0 Å². The third kappa shape index (κ3) is 3.55. The van der Waals surface area contributed by atoms with E-state index in [2.05, 4.69) is 26.3 Å². The van der Waals surface area contributed by atoms with E-state index in [1.165, 1.54) is 0 Å². The number of hydrogen-bond acceptors (Lipinski definition) is 6. The molecule has 7 nitrogen and oxygen atoms in total. The number of anilines is 3. The van der Waals surface area contributed by atoms with Gasteiger partial charge in [0.05, 0.1) is 11.6 Å². The average molecular weight is 308 g/mol. The van der Waals surface area contributed by atoms with E-state index in [-0.39, 0.29) is 0 Å². The van der Waals surface area contributed by atoms with E-state index in [1.54, 1.807) is 23.2 Å². The zero-order valence-electron chi connectivity index (χ0n) is 12.5. The monoisotopic (exact) mass is 308 g/mol. The molecular formula is C16H16N6O. The van der Waals surface area contributed by atoms with Crippen LogP contribution in [0.15, 0.2) is 36.5 Å². The van der Waals surface area contributed by atoms with Crippen LogP contribution < -0.4 is 10.2 Å². The Morgan fingerprint density at radius 2 is 2.04 bits per heavy atom. The van der Waals surface area contributed by atoms with Gasteiger partial charge in [-0.1, -0.05) is 6.07 Å². The highest BCUT2D eigenvalue weighted by molar-refractivity contribution is 5.57. The van der Waals surface area contributed by atoms with Gasteiger partial charge in [-0.2, -0.15) is 10.2 Å². The number of nitriles is 1. The zero-order chi connectivity index (χ0) is 16.1. The molecule has 116 valence electrons. The Bertz CT molecular complexity index is 733. The van der Waals surface area contributed by atoms with Crippen LogP contribution in [0.4, 0.5) is 17.5 Å². The lowest BCUT2D eigenvalue weighted by Gasteiger charge is -2.33. The molecule has 1 aromatic carbocycles. The fourth-order valence-corrected chi connectivity index (χ4v) is 2.44. The molecular weight excluding hydrogens is 292 g/mol. The summed E-state index contributed by atoms with van der Waals surface area (Å²) in [7, 11) is 0. The van der Waals surface area contributed by atoms with Gasteiger partial charge >= 0.3 is 0 Å². The van der Waals surface area contributed by atoms with Gasteiger partial charge in [-0.05, 0) is 24.3 Å². The van der Waals surface area contributed by atoms with Gasteiger partial charge in [-0.3, -0.25) is 4.79 Å². The third-order valence-electron chi connectivity index (χ3n) is 3.68. The molecule has 1 aromatic heterocycles. The Hall–Kier alpha value is -3.14. The lowest BCUT2D eigenvalue weighted by atomic mass is 10.2. The Kier molecular flexibility index (Phi) is 4.34. The molecule has 2 heterocycles. The molecule has 0 atom stereocenters. The third-order valence-corrected chi connectivity index (χ3v) is 3.68. The highest BCUT2D eigenvalue weighted by Gasteiger charge is 2.17. The van der Waals surface area contributed by atoms with Crippen LogP contribution in [0.3, 0.4) is 0 Å². The van der Waals surface area contributed by atoms with Crippen molar-refractivity contribution in [2.75, 3.05) is 36.4 Å². The van der Waals surface area contributed by atoms with E-state index >= 15 is 0 Å². The topological polar surface area (TPSA) is 85.2 Å². The second-order valence-electron chi connectivity index (χ2n) is 5.18. The maximum Gasteiger partial charge on any atom is 0.229 e. The van der Waals surface area contributed by atoms with Crippen LogP contribution in [0, 0.1) is 11.3 Å². The van der Waals surface area contributed by atoms with Crippen LogP contribution in [-0.4, -0.2) is 47.5 Å². The van der Waals surface area contributed by atoms with E-state index in [9.17, 15) is 4.79 Å². The number of aromatic nitrogens is 2. The van der Waals surface area contributed by atoms with E-state index in [0.717, 1.165) is 31.0 Å². The summed E-state index contributed by atoms with van der Waals surface area (Å²) in [5.41, 5.74) is 1.35. The number of benzene rings is 1. The van der Waals surface area contributed by atoms with Gasteiger partial charge in [0.2, 0.25) is 12.4 Å². The average Bonchev–Trinajstić information content (AvgIpc) is 2.62. The van der Waals surface area contributed by atoms with Crippen molar-refractivity contribution in [2.24, 2.45) is 0 Å². The minimum Gasteiger partial charge on any atom is -0.353 e. The van der Waals surface area contributed by atoms with Crippen molar-refractivity contribution >= 4 is 23.9 Å². The molecule has 0 spiro atoms. The van der Waals surface area contributed by atoms with E-state index in [1.807, 2.05) is 18.2 Å². The molecule has 1 aliphatic heterocycles. The molecule has 23 heavy (non-hydrogen) atoms. The predicted molar refractivity (Wildman–Crippen MR) is 86.3 cm³/mol. The Labute approximate surface area is 134 Å². The Balaban J connectivity index is 1.72. The molecule has 0 aliphatic carbocycles. The number of nitrogens with one attached hydrogen (secondary N) is 1. The van der Waals surface area contributed by atoms with Crippen LogP contribution in [-0.2, 0) is 4.79 Å². The lowest BCUT2D eigenvalue weighted by Crippen LogP contribution is -2.46. The summed E-state index contributed by atoms with van der Waals surface area (Å²) >= 11 is 0. The summed E-state index contributed by atoms with van der Waals surface area (Å²) in [5.74, 6) is 1.31. The standard InChI is InChI=1S/C16H16N6O/c17-11-13-2-1-3-14(10-13)19-16-18-5-4-15(20-16)22-8-6-21(12-23)7-9-22/h1-5,10,12H,6-9H2,(H,18,19,20). The molecule has 1 fully saturated rings. The molecule has 0 radical (unpaired) electrons. The van der Waals surface area contributed by atoms with E-state index in [0.29, 0.717) is 24.6 Å². The summed E-state index contributed by atoms with van der Waals surface area (Å²) in [6, 6.07) is 11.1. The molecule has 0 unspecified atom stereocenters. The summed E-state index contributed by atoms with van der Waals surface area (Å²) in [6.45, 7) is 2.89. The van der Waals surface area contributed by atoms with Gasteiger partial charge in [0.15, 0.2) is 0 Å². The number of piperazine rings is 1. The number of hydrogen-bond donors (Lipinski definition) is 1. The minimum atomic E-state index is 0.482. The van der Waals surface area contributed by atoms with E-state index < -0.39 is 0 Å². The van der Waals surface area contributed by atoms with E-state index in [4.69, 9.17) is 5.26 Å². The molecule has 0 saturated carbocycles. The van der Waals surface area contributed by atoms with Gasteiger partial charge in [-0.25, -0.2) is 4.98 Å². The summed E-state index contributed by atoms with van der Waals surface area (Å²) in [4.78, 5) is 23.4. The lowest BCUT2D eigenvalue weighted by molar-refractivity contribution is -0.118. The molecule has 1 aliphatic rings. The first kappa shape index (κ1) is 14.8. The molecule has 1 amide bonds. The molecule has 1 N–H and O–H groups in total. The first-order valence-corrected chi connectivity index (χ1v) is 7.33. The van der Waals surface area contributed by atoms with Crippen molar-refractivity contribution < 1.29 is 4.79 Å².